The van der Waals surface area contributed by atoms with E-state index >= 15 is 0 Å². The van der Waals surface area contributed by atoms with Crippen LogP contribution in [0.2, 0.25) is 0 Å². The number of nitrogens with two attached hydrogens (primary N) is 1. The number of carbonyl (C=O) groups is 2. The number of carbonyl (C=O) groups excluding carboxylic acids is 2. The van der Waals surface area contributed by atoms with Gasteiger partial charge in [-0.2, -0.15) is 5.10 Å². The fourth-order valence-corrected chi connectivity index (χ4v) is 6.57. The fourth-order valence-electron chi connectivity index (χ4n) is 2.31. The third-order valence-electron chi connectivity index (χ3n) is 3.38. The summed E-state index contributed by atoms with van der Waals surface area (Å²) in [6.07, 6.45) is 0. The highest BCUT2D eigenvalue weighted by atomic mass is 32.2. The molecule has 1 aromatic rings. The van der Waals surface area contributed by atoms with E-state index in [1.165, 1.54) is 14.0 Å². The molecular formula is C13H16N5O4PS. The first-order chi connectivity index (χ1) is 11.3. The number of thioether (sulfide) groups is 1. The second-order valence-electron chi connectivity index (χ2n) is 4.77. The molecule has 3 amide bonds. The number of amidine groups is 1. The normalized spacial score (nSPS) is 23.5. The number of primary amides is 1. The Morgan fingerprint density at radius 3 is 2.54 bits per heavy atom. The maximum atomic E-state index is 13.7. The minimum absolute atomic E-state index is 0.0000800. The van der Waals surface area contributed by atoms with Crippen LogP contribution in [-0.2, 0) is 13.9 Å². The van der Waals surface area contributed by atoms with Gasteiger partial charge in [-0.3, -0.25) is 14.8 Å². The molecule has 0 aliphatic carbocycles. The van der Waals surface area contributed by atoms with Gasteiger partial charge in [-0.15, -0.1) is 0 Å². The van der Waals surface area contributed by atoms with Crippen LogP contribution in [0.4, 0.5) is 4.79 Å². The van der Waals surface area contributed by atoms with Crippen LogP contribution in [0.15, 0.2) is 35.4 Å². The Hall–Kier alpha value is -2.16. The van der Waals surface area contributed by atoms with Gasteiger partial charge >= 0.3 is 6.03 Å². The lowest BCUT2D eigenvalue weighted by atomic mass is 10.2. The number of hydrogen-bond acceptors (Lipinski definition) is 7. The maximum absolute atomic E-state index is 13.7. The van der Waals surface area contributed by atoms with Crippen molar-refractivity contribution in [1.29, 1.82) is 5.41 Å². The highest BCUT2D eigenvalue weighted by Crippen LogP contribution is 2.65. The number of rotatable bonds is 5. The summed E-state index contributed by atoms with van der Waals surface area (Å²) in [6, 6.07) is 7.25. The number of hydrazone groups is 1. The average Bonchev–Trinajstić information content (AvgIpc) is 2.88. The van der Waals surface area contributed by atoms with E-state index in [4.69, 9.17) is 15.7 Å². The summed E-state index contributed by atoms with van der Waals surface area (Å²) < 4.78 is 17.2. The standard InChI is InChI=1S/C13H16N5O4PS/c1-8(17-18-11(14)20)13(10(19)16-12(15)24-13)23(21,22-2)9-6-4-3-5-7-9/h3-7H,1-2H3,(H3,14,18,20)(H2,15,16,19)/b17-8+. The van der Waals surface area contributed by atoms with Crippen molar-refractivity contribution in [2.24, 2.45) is 10.8 Å². The molecule has 1 aromatic carbocycles. The SMILES string of the molecule is COP(=O)(c1ccccc1)C1(/C(C)=N/NC(N)=O)SC(=N)NC1=O. The quantitative estimate of drug-likeness (QED) is 0.344. The van der Waals surface area contributed by atoms with Crippen molar-refractivity contribution in [2.45, 2.75) is 11.4 Å². The summed E-state index contributed by atoms with van der Waals surface area (Å²) in [6.45, 7) is 1.41. The van der Waals surface area contributed by atoms with Gasteiger partial charge in [0.2, 0.25) is 4.49 Å². The van der Waals surface area contributed by atoms with Gasteiger partial charge in [0.05, 0.1) is 5.71 Å². The van der Waals surface area contributed by atoms with E-state index in [1.54, 1.807) is 30.3 Å². The number of nitrogens with one attached hydrogen (secondary N) is 3. The van der Waals surface area contributed by atoms with Crippen molar-refractivity contribution in [2.75, 3.05) is 7.11 Å². The van der Waals surface area contributed by atoms with Crippen molar-refractivity contribution < 1.29 is 18.7 Å². The fraction of sp³-hybridized carbons (Fsp3) is 0.231. The monoisotopic (exact) mass is 369 g/mol. The molecule has 0 saturated carbocycles. The van der Waals surface area contributed by atoms with Crippen molar-refractivity contribution in [3.8, 4) is 0 Å². The predicted octanol–water partition coefficient (Wildman–Crippen LogP) is 0.775. The highest BCUT2D eigenvalue weighted by molar-refractivity contribution is 8.22. The Bertz CT molecular complexity index is 769. The Morgan fingerprint density at radius 1 is 1.46 bits per heavy atom. The van der Waals surface area contributed by atoms with E-state index in [0.717, 1.165) is 11.8 Å². The molecule has 1 heterocycles. The van der Waals surface area contributed by atoms with Crippen LogP contribution in [0.5, 0.6) is 0 Å². The van der Waals surface area contributed by atoms with Gasteiger partial charge in [-0.1, -0.05) is 30.0 Å². The second kappa shape index (κ2) is 6.76. The van der Waals surface area contributed by atoms with Gasteiger partial charge in [0, 0.05) is 12.4 Å². The lowest BCUT2D eigenvalue weighted by Crippen LogP contribution is -2.46. The summed E-state index contributed by atoms with van der Waals surface area (Å²) in [7, 11) is -2.63. The smallest absolute Gasteiger partial charge is 0.332 e. The Labute approximate surface area is 142 Å². The molecule has 24 heavy (non-hydrogen) atoms. The molecule has 1 aliphatic heterocycles. The zero-order chi connectivity index (χ0) is 18.0. The van der Waals surface area contributed by atoms with Crippen LogP contribution < -0.4 is 21.8 Å². The summed E-state index contributed by atoms with van der Waals surface area (Å²) in [5.74, 6) is -0.709. The molecule has 1 saturated heterocycles. The minimum atomic E-state index is -3.85. The first kappa shape index (κ1) is 18.2. The molecule has 2 atom stereocenters. The topological polar surface area (TPSA) is 147 Å². The number of urea groups is 1. The predicted molar refractivity (Wildman–Crippen MR) is 92.7 cm³/mol. The first-order valence-electron chi connectivity index (χ1n) is 6.68. The van der Waals surface area contributed by atoms with E-state index < -0.39 is 23.8 Å². The zero-order valence-electron chi connectivity index (χ0n) is 12.9. The van der Waals surface area contributed by atoms with Gasteiger partial charge in [-0.25, -0.2) is 10.2 Å². The lowest BCUT2D eigenvalue weighted by molar-refractivity contribution is -0.118. The molecule has 2 unspecified atom stereocenters. The number of hydrogen-bond donors (Lipinski definition) is 4. The molecule has 5 N–H and O–H groups in total. The van der Waals surface area contributed by atoms with Crippen LogP contribution >= 0.6 is 19.1 Å². The van der Waals surface area contributed by atoms with Crippen molar-refractivity contribution >= 4 is 47.3 Å². The maximum Gasteiger partial charge on any atom is 0.332 e. The van der Waals surface area contributed by atoms with Crippen LogP contribution in [-0.4, -0.2) is 34.4 Å². The van der Waals surface area contributed by atoms with E-state index in [9.17, 15) is 14.2 Å². The summed E-state index contributed by atoms with van der Waals surface area (Å²) in [5.41, 5.74) is 7.01. The Kier molecular flexibility index (Phi) is 5.12. The van der Waals surface area contributed by atoms with E-state index in [0.29, 0.717) is 5.30 Å². The van der Waals surface area contributed by atoms with Gasteiger partial charge in [0.15, 0.2) is 5.17 Å². The molecule has 2 rings (SSSR count). The largest absolute Gasteiger partial charge is 0.350 e. The molecule has 128 valence electrons. The summed E-state index contributed by atoms with van der Waals surface area (Å²) in [5, 5.41) is 13.9. The lowest BCUT2D eigenvalue weighted by Gasteiger charge is -2.32. The molecule has 0 bridgehead atoms. The third-order valence-corrected chi connectivity index (χ3v) is 8.30. The van der Waals surface area contributed by atoms with Crippen LogP contribution in [0, 0.1) is 5.41 Å². The van der Waals surface area contributed by atoms with E-state index in [1.807, 2.05) is 5.43 Å². The second-order valence-corrected chi connectivity index (χ2v) is 8.95. The molecule has 0 spiro atoms. The van der Waals surface area contributed by atoms with Crippen LogP contribution in [0.25, 0.3) is 0 Å². The van der Waals surface area contributed by atoms with Gasteiger partial charge in [0.25, 0.3) is 13.3 Å². The van der Waals surface area contributed by atoms with E-state index in [2.05, 4.69) is 10.4 Å². The average molecular weight is 369 g/mol. The number of benzene rings is 1. The van der Waals surface area contributed by atoms with Crippen molar-refractivity contribution in [3.05, 3.63) is 30.3 Å². The Morgan fingerprint density at radius 2 is 2.08 bits per heavy atom. The summed E-state index contributed by atoms with van der Waals surface area (Å²) in [4.78, 5) is 23.5. The molecule has 1 aliphatic rings. The highest BCUT2D eigenvalue weighted by Gasteiger charge is 2.63. The molecule has 0 radical (unpaired) electrons. The van der Waals surface area contributed by atoms with Gasteiger partial charge < -0.3 is 15.6 Å². The molecule has 0 aromatic heterocycles. The van der Waals surface area contributed by atoms with E-state index in [-0.39, 0.29) is 10.9 Å². The molecular weight excluding hydrogens is 353 g/mol. The number of amides is 3. The van der Waals surface area contributed by atoms with Crippen LogP contribution in [0.3, 0.4) is 0 Å². The molecule has 1 fully saturated rings. The first-order valence-corrected chi connectivity index (χ1v) is 9.12. The Balaban J connectivity index is 2.69. The minimum Gasteiger partial charge on any atom is -0.350 e. The van der Waals surface area contributed by atoms with Gasteiger partial charge in [-0.05, 0) is 19.1 Å². The van der Waals surface area contributed by atoms with Gasteiger partial charge in [0.1, 0.15) is 0 Å². The zero-order valence-corrected chi connectivity index (χ0v) is 14.6. The molecule has 11 heteroatoms. The van der Waals surface area contributed by atoms with Crippen LogP contribution in [0.1, 0.15) is 6.92 Å². The van der Waals surface area contributed by atoms with Crippen molar-refractivity contribution in [1.82, 2.24) is 10.7 Å². The molecule has 9 nitrogen and oxygen atoms in total. The van der Waals surface area contributed by atoms with Crippen molar-refractivity contribution in [3.63, 3.8) is 0 Å². The third kappa shape index (κ3) is 2.83. The summed E-state index contributed by atoms with van der Waals surface area (Å²) >= 11 is 0.719. The number of nitrogens with zero attached hydrogens (tertiary/aromatic N) is 1.